The third-order valence-electron chi connectivity index (χ3n) is 4.39. The number of nitrogens with one attached hydrogen (secondary N) is 1. The van der Waals surface area contributed by atoms with Gasteiger partial charge in [-0.25, -0.2) is 13.9 Å². The number of imidazole rings is 1. The summed E-state index contributed by atoms with van der Waals surface area (Å²) in [7, 11) is 0. The summed E-state index contributed by atoms with van der Waals surface area (Å²) in [6.07, 6.45) is 3.46. The van der Waals surface area contributed by atoms with Gasteiger partial charge >= 0.3 is 0 Å². The summed E-state index contributed by atoms with van der Waals surface area (Å²) in [6, 6.07) is 11.5. The highest BCUT2D eigenvalue weighted by molar-refractivity contribution is 7.14. The molecule has 0 saturated heterocycles. The van der Waals surface area contributed by atoms with E-state index in [4.69, 9.17) is 0 Å². The van der Waals surface area contributed by atoms with E-state index >= 15 is 0 Å². The van der Waals surface area contributed by atoms with Gasteiger partial charge in [0.15, 0.2) is 5.65 Å². The molecule has 5 nitrogen and oxygen atoms in total. The lowest BCUT2D eigenvalue weighted by atomic mass is 10.1. The SMILES string of the molecule is Cc1sc(C(=O)N[C@@H](C)c2cccc(F)c2)cc1-c1cnc2cccnn12. The van der Waals surface area contributed by atoms with Gasteiger partial charge in [0.25, 0.3) is 5.91 Å². The second kappa shape index (κ2) is 6.92. The molecule has 1 atom stereocenters. The standard InChI is InChI=1S/C20H17FN4OS/c1-12(14-5-3-6-15(21)9-14)24-20(26)18-10-16(13(2)27-18)17-11-22-19-7-4-8-23-25(17)19/h3-12H,1-2H3,(H,24,26)/t12-/m0/s1. The maximum absolute atomic E-state index is 13.4. The van der Waals surface area contributed by atoms with E-state index in [2.05, 4.69) is 15.4 Å². The minimum Gasteiger partial charge on any atom is -0.345 e. The number of aryl methyl sites for hydroxylation is 1. The number of rotatable bonds is 4. The first kappa shape index (κ1) is 17.4. The Morgan fingerprint density at radius 3 is 2.93 bits per heavy atom. The molecule has 0 saturated carbocycles. The molecule has 0 unspecified atom stereocenters. The molecule has 3 aromatic heterocycles. The monoisotopic (exact) mass is 380 g/mol. The van der Waals surface area contributed by atoms with Crippen molar-refractivity contribution < 1.29 is 9.18 Å². The highest BCUT2D eigenvalue weighted by Crippen LogP contribution is 2.31. The van der Waals surface area contributed by atoms with Gasteiger partial charge in [0, 0.05) is 16.6 Å². The van der Waals surface area contributed by atoms with Crippen molar-refractivity contribution >= 4 is 22.9 Å². The number of carbonyl (C=O) groups is 1. The van der Waals surface area contributed by atoms with Crippen molar-refractivity contribution in [3.05, 3.63) is 76.0 Å². The number of carbonyl (C=O) groups excluding carboxylic acids is 1. The van der Waals surface area contributed by atoms with E-state index < -0.39 is 0 Å². The fraction of sp³-hybridized carbons (Fsp3) is 0.150. The van der Waals surface area contributed by atoms with Crippen LogP contribution < -0.4 is 5.32 Å². The largest absolute Gasteiger partial charge is 0.345 e. The van der Waals surface area contributed by atoms with Crippen LogP contribution >= 0.6 is 11.3 Å². The molecule has 0 bridgehead atoms. The Labute approximate surface area is 159 Å². The number of hydrogen-bond acceptors (Lipinski definition) is 4. The predicted octanol–water partition coefficient (Wildman–Crippen LogP) is 4.40. The minimum atomic E-state index is -0.317. The molecule has 0 aliphatic carbocycles. The van der Waals surface area contributed by atoms with Gasteiger partial charge in [0.1, 0.15) is 5.82 Å². The molecule has 0 aliphatic heterocycles. The van der Waals surface area contributed by atoms with Gasteiger partial charge in [-0.05, 0) is 49.7 Å². The zero-order chi connectivity index (χ0) is 19.0. The van der Waals surface area contributed by atoms with Crippen LogP contribution in [0.2, 0.25) is 0 Å². The van der Waals surface area contributed by atoms with E-state index in [9.17, 15) is 9.18 Å². The summed E-state index contributed by atoms with van der Waals surface area (Å²) >= 11 is 1.41. The van der Waals surface area contributed by atoms with E-state index in [0.717, 1.165) is 27.3 Å². The Morgan fingerprint density at radius 2 is 2.11 bits per heavy atom. The Balaban J connectivity index is 1.60. The quantitative estimate of drug-likeness (QED) is 0.571. The molecule has 7 heteroatoms. The van der Waals surface area contributed by atoms with E-state index in [0.29, 0.717) is 4.88 Å². The van der Waals surface area contributed by atoms with E-state index in [1.807, 2.05) is 32.0 Å². The van der Waals surface area contributed by atoms with Crippen LogP contribution in [0.3, 0.4) is 0 Å². The average Bonchev–Trinajstić information content (AvgIpc) is 3.25. The fourth-order valence-electron chi connectivity index (χ4n) is 2.99. The third kappa shape index (κ3) is 3.33. The van der Waals surface area contributed by atoms with Crippen molar-refractivity contribution in [1.29, 1.82) is 0 Å². The number of benzene rings is 1. The molecule has 1 amide bonds. The normalized spacial score (nSPS) is 12.3. The molecule has 0 aliphatic rings. The number of nitrogens with zero attached hydrogens (tertiary/aromatic N) is 3. The summed E-state index contributed by atoms with van der Waals surface area (Å²) in [4.78, 5) is 18.6. The summed E-state index contributed by atoms with van der Waals surface area (Å²) in [5.74, 6) is -0.504. The van der Waals surface area contributed by atoms with Crippen molar-refractivity contribution in [3.8, 4) is 11.3 Å². The van der Waals surface area contributed by atoms with Crippen LogP contribution in [-0.2, 0) is 0 Å². The second-order valence-electron chi connectivity index (χ2n) is 6.27. The molecule has 0 radical (unpaired) electrons. The molecule has 1 aromatic carbocycles. The zero-order valence-electron chi connectivity index (χ0n) is 14.8. The highest BCUT2D eigenvalue weighted by Gasteiger charge is 2.18. The lowest BCUT2D eigenvalue weighted by Crippen LogP contribution is -2.25. The van der Waals surface area contributed by atoms with Crippen LogP contribution in [0.1, 0.15) is 33.1 Å². The van der Waals surface area contributed by atoms with E-state index in [-0.39, 0.29) is 17.8 Å². The predicted molar refractivity (Wildman–Crippen MR) is 103 cm³/mol. The van der Waals surface area contributed by atoms with Crippen LogP contribution in [-0.4, -0.2) is 20.5 Å². The van der Waals surface area contributed by atoms with Crippen LogP contribution in [0.5, 0.6) is 0 Å². The molecular formula is C20H17FN4OS. The number of amides is 1. The Kier molecular flexibility index (Phi) is 4.45. The molecule has 136 valence electrons. The first-order valence-electron chi connectivity index (χ1n) is 8.49. The number of hydrogen-bond donors (Lipinski definition) is 1. The molecule has 3 heterocycles. The van der Waals surface area contributed by atoms with Crippen LogP contribution in [0.15, 0.2) is 54.9 Å². The first-order chi connectivity index (χ1) is 13.0. The van der Waals surface area contributed by atoms with Gasteiger partial charge in [-0.2, -0.15) is 5.10 Å². The summed E-state index contributed by atoms with van der Waals surface area (Å²) in [6.45, 7) is 3.80. The molecular weight excluding hydrogens is 363 g/mol. The van der Waals surface area contributed by atoms with Gasteiger partial charge < -0.3 is 5.32 Å². The number of fused-ring (bicyclic) bond motifs is 1. The van der Waals surface area contributed by atoms with Crippen molar-refractivity contribution in [2.24, 2.45) is 0 Å². The fourth-order valence-corrected chi connectivity index (χ4v) is 3.92. The van der Waals surface area contributed by atoms with E-state index in [1.165, 1.54) is 23.5 Å². The summed E-state index contributed by atoms with van der Waals surface area (Å²) in [5, 5.41) is 7.26. The van der Waals surface area contributed by atoms with Gasteiger partial charge in [-0.15, -0.1) is 11.3 Å². The topological polar surface area (TPSA) is 59.3 Å². The van der Waals surface area contributed by atoms with Crippen LogP contribution in [0.25, 0.3) is 16.9 Å². The van der Waals surface area contributed by atoms with Crippen molar-refractivity contribution in [2.45, 2.75) is 19.9 Å². The summed E-state index contributed by atoms with van der Waals surface area (Å²) in [5.41, 5.74) is 3.25. The maximum Gasteiger partial charge on any atom is 0.261 e. The molecule has 1 N–H and O–H groups in total. The molecule has 4 aromatic rings. The minimum absolute atomic E-state index is 0.187. The van der Waals surface area contributed by atoms with E-state index in [1.54, 1.807) is 29.0 Å². The van der Waals surface area contributed by atoms with Crippen LogP contribution in [0.4, 0.5) is 4.39 Å². The first-order valence-corrected chi connectivity index (χ1v) is 9.30. The Bertz CT molecular complexity index is 1130. The van der Waals surface area contributed by atoms with Gasteiger partial charge in [-0.3, -0.25) is 4.79 Å². The van der Waals surface area contributed by atoms with Gasteiger partial charge in [-0.1, -0.05) is 12.1 Å². The lowest BCUT2D eigenvalue weighted by molar-refractivity contribution is 0.0944. The highest BCUT2D eigenvalue weighted by atomic mass is 32.1. The third-order valence-corrected chi connectivity index (χ3v) is 5.44. The summed E-state index contributed by atoms with van der Waals surface area (Å²) < 4.78 is 15.2. The lowest BCUT2D eigenvalue weighted by Gasteiger charge is -2.13. The van der Waals surface area contributed by atoms with Crippen molar-refractivity contribution in [3.63, 3.8) is 0 Å². The molecule has 0 fully saturated rings. The second-order valence-corrected chi connectivity index (χ2v) is 7.52. The van der Waals surface area contributed by atoms with Crippen molar-refractivity contribution in [2.75, 3.05) is 0 Å². The number of halogens is 1. The molecule has 0 spiro atoms. The zero-order valence-corrected chi connectivity index (χ0v) is 15.6. The van der Waals surface area contributed by atoms with Gasteiger partial charge in [0.05, 0.1) is 22.8 Å². The smallest absolute Gasteiger partial charge is 0.261 e. The maximum atomic E-state index is 13.4. The number of aromatic nitrogens is 3. The molecule has 27 heavy (non-hydrogen) atoms. The average molecular weight is 380 g/mol. The number of thiophene rings is 1. The molecule has 4 rings (SSSR count). The van der Waals surface area contributed by atoms with Gasteiger partial charge in [0.2, 0.25) is 0 Å². The Hall–Kier alpha value is -3.06. The van der Waals surface area contributed by atoms with Crippen LogP contribution in [0, 0.1) is 12.7 Å². The van der Waals surface area contributed by atoms with Crippen molar-refractivity contribution in [1.82, 2.24) is 19.9 Å². The Morgan fingerprint density at radius 1 is 1.26 bits per heavy atom.